The van der Waals surface area contributed by atoms with Crippen molar-refractivity contribution in [1.29, 1.82) is 16.2 Å². The Morgan fingerprint density at radius 1 is 0.627 bits per heavy atom. The Bertz CT molecular complexity index is 1760. The maximum atomic E-state index is 14.0. The van der Waals surface area contributed by atoms with Gasteiger partial charge in [0.2, 0.25) is 41.4 Å². The van der Waals surface area contributed by atoms with Crippen molar-refractivity contribution in [2.75, 3.05) is 32.7 Å². The molecule has 2 heterocycles. The second-order valence-corrected chi connectivity index (χ2v) is 17.0. The SMILES string of the molecule is CC(NC(=O)C(CCCNC(=N)N)NC(=O)C(CCCNC(=N)N)NC(=O)C1CCCN1C(=O)C1CCCN1)C(=O)NC(CCCNC(=N)N)C(=O)NC(C(=O)NC(C(=O)O)C(C)O)C(C)C. The quantitative estimate of drug-likeness (QED) is 0.0198. The number of rotatable bonds is 28. The summed E-state index contributed by atoms with van der Waals surface area (Å²) in [6.07, 6.45) is 1.51. The largest absolute Gasteiger partial charge is 0.480 e. The van der Waals surface area contributed by atoms with E-state index >= 15 is 0 Å². The molecular formula is C40H73N17O10. The molecule has 0 saturated carbocycles. The Morgan fingerprint density at radius 2 is 1.09 bits per heavy atom. The van der Waals surface area contributed by atoms with Crippen LogP contribution in [0.5, 0.6) is 0 Å². The minimum atomic E-state index is -1.68. The fraction of sp³-hybridized carbons (Fsp3) is 0.725. The zero-order valence-electron chi connectivity index (χ0n) is 38.7. The molecule has 2 saturated heterocycles. The highest BCUT2D eigenvalue weighted by molar-refractivity contribution is 5.97. The first-order chi connectivity index (χ1) is 31.5. The topological polar surface area (TPSA) is 450 Å². The van der Waals surface area contributed by atoms with Crippen LogP contribution in [0.15, 0.2) is 0 Å². The van der Waals surface area contributed by atoms with E-state index in [0.717, 1.165) is 6.42 Å². The predicted octanol–water partition coefficient (Wildman–Crippen LogP) is -5.43. The van der Waals surface area contributed by atoms with E-state index in [1.54, 1.807) is 13.8 Å². The Hall–Kier alpha value is -6.51. The highest BCUT2D eigenvalue weighted by atomic mass is 16.4. The first-order valence-corrected chi connectivity index (χ1v) is 22.5. The number of hydrogen-bond acceptors (Lipinski definition) is 13. The fourth-order valence-corrected chi connectivity index (χ4v) is 7.43. The van der Waals surface area contributed by atoms with Crippen LogP contribution in [0.1, 0.15) is 91.9 Å². The van der Waals surface area contributed by atoms with Crippen LogP contribution in [-0.2, 0) is 38.4 Å². The molecule has 0 aromatic heterocycles. The van der Waals surface area contributed by atoms with Crippen molar-refractivity contribution in [2.45, 2.75) is 146 Å². The van der Waals surface area contributed by atoms with Crippen molar-refractivity contribution in [3.63, 3.8) is 0 Å². The molecular weight excluding hydrogens is 879 g/mol. The summed E-state index contributed by atoms with van der Waals surface area (Å²) < 4.78 is 0. The third-order valence-corrected chi connectivity index (χ3v) is 11.1. The first-order valence-electron chi connectivity index (χ1n) is 22.5. The van der Waals surface area contributed by atoms with E-state index < -0.39 is 102 Å². The number of aliphatic hydroxyl groups excluding tert-OH is 1. The lowest BCUT2D eigenvalue weighted by atomic mass is 10.0. The van der Waals surface area contributed by atoms with Crippen molar-refractivity contribution in [3.05, 3.63) is 0 Å². The van der Waals surface area contributed by atoms with Crippen LogP contribution in [0.25, 0.3) is 0 Å². The molecule has 0 aliphatic carbocycles. The molecule has 21 N–H and O–H groups in total. The normalized spacial score (nSPS) is 18.6. The van der Waals surface area contributed by atoms with Crippen LogP contribution in [0.4, 0.5) is 0 Å². The van der Waals surface area contributed by atoms with Gasteiger partial charge in [-0.2, -0.15) is 0 Å². The second kappa shape index (κ2) is 28.5. The zero-order chi connectivity index (χ0) is 50.4. The van der Waals surface area contributed by atoms with Crippen molar-refractivity contribution < 1.29 is 48.6 Å². The zero-order valence-corrected chi connectivity index (χ0v) is 38.7. The maximum absolute atomic E-state index is 14.0. The molecule has 0 radical (unpaired) electrons. The lowest BCUT2D eigenvalue weighted by Crippen LogP contribution is -2.60. The number of nitrogens with one attached hydrogen (secondary N) is 13. The summed E-state index contributed by atoms with van der Waals surface area (Å²) in [6, 6.07) is -9.44. The lowest BCUT2D eigenvalue weighted by molar-refractivity contribution is -0.145. The molecule has 9 unspecified atom stereocenters. The van der Waals surface area contributed by atoms with E-state index in [1.165, 1.54) is 18.7 Å². The summed E-state index contributed by atoms with van der Waals surface area (Å²) in [5, 5.41) is 68.0. The molecule has 0 aromatic rings. The van der Waals surface area contributed by atoms with E-state index in [1.807, 2.05) is 0 Å². The molecule has 2 rings (SSSR count). The van der Waals surface area contributed by atoms with Crippen LogP contribution < -0.4 is 70.4 Å². The van der Waals surface area contributed by atoms with Gasteiger partial charge < -0.3 is 85.5 Å². The number of hydrogen-bond donors (Lipinski definition) is 18. The Morgan fingerprint density at radius 3 is 1.54 bits per heavy atom. The van der Waals surface area contributed by atoms with Crippen LogP contribution >= 0.6 is 0 Å². The maximum Gasteiger partial charge on any atom is 0.328 e. The molecule has 2 aliphatic heterocycles. The number of aliphatic hydroxyl groups is 1. The number of carbonyl (C=O) groups excluding carboxylic acids is 7. The third kappa shape index (κ3) is 19.9. The molecule has 2 aliphatic rings. The van der Waals surface area contributed by atoms with E-state index in [-0.39, 0.29) is 81.9 Å². The number of nitrogens with two attached hydrogens (primary N) is 3. The number of likely N-dealkylation sites (tertiary alicyclic amines) is 1. The van der Waals surface area contributed by atoms with Crippen LogP contribution in [0, 0.1) is 22.1 Å². The summed E-state index contributed by atoms with van der Waals surface area (Å²) in [5.41, 5.74) is 16.2. The van der Waals surface area contributed by atoms with E-state index in [9.17, 15) is 48.6 Å². The molecule has 0 bridgehead atoms. The van der Waals surface area contributed by atoms with Gasteiger partial charge in [-0.3, -0.25) is 49.8 Å². The minimum absolute atomic E-state index is 0.0349. The van der Waals surface area contributed by atoms with Gasteiger partial charge in [0.25, 0.3) is 0 Å². The molecule has 67 heavy (non-hydrogen) atoms. The number of carbonyl (C=O) groups is 8. The molecule has 2 fully saturated rings. The van der Waals surface area contributed by atoms with Crippen molar-refractivity contribution in [1.82, 2.24) is 58.1 Å². The fourth-order valence-electron chi connectivity index (χ4n) is 7.43. The number of amides is 7. The monoisotopic (exact) mass is 952 g/mol. The summed E-state index contributed by atoms with van der Waals surface area (Å²) in [6.45, 7) is 7.14. The standard InChI is InChI=1S/C40H73N17O10/c1-20(2)28(35(64)56-29(22(4)58)37(66)67)55-33(62)25(12-7-18-50-40(45)46)52-30(59)21(3)51-31(60)23(10-5-16-48-38(41)42)53-32(61)24(11-6-17-49-39(43)44)54-34(63)27-14-9-19-57(27)36(65)26-13-8-15-47-26/h20-29,47,58H,5-19H2,1-4H3,(H,51,60)(H,52,59)(H,53,61)(H,54,63)(H,55,62)(H,56,64)(H,66,67)(H4,41,42,48)(H4,43,44,49)(H4,45,46,50). The second-order valence-electron chi connectivity index (χ2n) is 17.0. The van der Waals surface area contributed by atoms with Gasteiger partial charge >= 0.3 is 5.97 Å². The van der Waals surface area contributed by atoms with Crippen molar-refractivity contribution >= 4 is 65.2 Å². The minimum Gasteiger partial charge on any atom is -0.480 e. The van der Waals surface area contributed by atoms with E-state index in [4.69, 9.17) is 33.4 Å². The highest BCUT2D eigenvalue weighted by Crippen LogP contribution is 2.21. The Balaban J connectivity index is 2.31. The van der Waals surface area contributed by atoms with Gasteiger partial charge in [-0.05, 0) is 90.5 Å². The lowest BCUT2D eigenvalue weighted by Gasteiger charge is -2.29. The molecule has 7 amide bonds. The number of guanidine groups is 3. The average molecular weight is 952 g/mol. The number of carboxylic acids is 1. The third-order valence-electron chi connectivity index (χ3n) is 11.1. The van der Waals surface area contributed by atoms with Crippen LogP contribution in [0.2, 0.25) is 0 Å². The molecule has 378 valence electrons. The van der Waals surface area contributed by atoms with Gasteiger partial charge in [-0.25, -0.2) is 4.79 Å². The Kier molecular flexibility index (Phi) is 24.1. The number of aliphatic carboxylic acids is 1. The van der Waals surface area contributed by atoms with Gasteiger partial charge in [0.15, 0.2) is 23.9 Å². The first kappa shape index (κ1) is 56.6. The molecule has 0 aromatic carbocycles. The highest BCUT2D eigenvalue weighted by Gasteiger charge is 2.40. The summed E-state index contributed by atoms with van der Waals surface area (Å²) in [7, 11) is 0. The van der Waals surface area contributed by atoms with Gasteiger partial charge in [0.1, 0.15) is 36.3 Å². The van der Waals surface area contributed by atoms with Gasteiger partial charge in [0, 0.05) is 26.2 Å². The summed E-state index contributed by atoms with van der Waals surface area (Å²) >= 11 is 0. The molecule has 27 nitrogen and oxygen atoms in total. The van der Waals surface area contributed by atoms with Gasteiger partial charge in [-0.1, -0.05) is 13.8 Å². The van der Waals surface area contributed by atoms with E-state index in [0.29, 0.717) is 32.4 Å². The van der Waals surface area contributed by atoms with Gasteiger partial charge in [-0.15, -0.1) is 0 Å². The number of nitrogens with zero attached hydrogens (tertiary/aromatic N) is 1. The van der Waals surface area contributed by atoms with Crippen LogP contribution in [0.3, 0.4) is 0 Å². The molecule has 9 atom stereocenters. The number of carboxylic acid groups (broad SMARTS) is 1. The van der Waals surface area contributed by atoms with Crippen molar-refractivity contribution in [2.24, 2.45) is 23.1 Å². The van der Waals surface area contributed by atoms with E-state index in [2.05, 4.69) is 53.2 Å². The average Bonchev–Trinajstić information content (AvgIpc) is 3.98. The smallest absolute Gasteiger partial charge is 0.328 e. The molecule has 27 heteroatoms. The summed E-state index contributed by atoms with van der Waals surface area (Å²) in [5.74, 6) is -8.02. The Labute approximate surface area is 389 Å². The van der Waals surface area contributed by atoms with Crippen molar-refractivity contribution in [3.8, 4) is 0 Å². The van der Waals surface area contributed by atoms with Gasteiger partial charge in [0.05, 0.1) is 12.1 Å². The summed E-state index contributed by atoms with van der Waals surface area (Å²) in [4.78, 5) is 109. The van der Waals surface area contributed by atoms with Crippen LogP contribution in [-0.4, -0.2) is 167 Å². The predicted molar refractivity (Wildman–Crippen MR) is 245 cm³/mol. The molecule has 0 spiro atoms.